The first-order chi connectivity index (χ1) is 24.0. The van der Waals surface area contributed by atoms with Crippen LogP contribution in [0.15, 0.2) is 30.3 Å². The molecule has 2 aromatic rings. The topological polar surface area (TPSA) is 185 Å². The van der Waals surface area contributed by atoms with Crippen molar-refractivity contribution in [1.82, 2.24) is 10.6 Å². The molecule has 0 unspecified atom stereocenters. The molecule has 52 heavy (non-hydrogen) atoms. The monoisotopic (exact) mass is 745 g/mol. The summed E-state index contributed by atoms with van der Waals surface area (Å²) in [6, 6.07) is 5.57. The van der Waals surface area contributed by atoms with Gasteiger partial charge in [0.2, 0.25) is 5.91 Å². The molecule has 0 saturated carbocycles. The maximum Gasteiger partial charge on any atom is 0.408 e. The molecule has 0 bridgehead atoms. The van der Waals surface area contributed by atoms with Crippen molar-refractivity contribution in [1.29, 1.82) is 0 Å². The van der Waals surface area contributed by atoms with Gasteiger partial charge < -0.3 is 44.8 Å². The molecule has 0 aliphatic rings. The third kappa shape index (κ3) is 11.9. The summed E-state index contributed by atoms with van der Waals surface area (Å²) in [4.78, 5) is 50.9. The minimum absolute atomic E-state index is 0.0272. The molecule has 5 N–H and O–H groups in total. The Labute approximate surface area is 309 Å². The number of carbonyl (C=O) groups is 4. The van der Waals surface area contributed by atoms with Crippen molar-refractivity contribution in [3.63, 3.8) is 0 Å². The molecule has 0 aliphatic heterocycles. The molecule has 290 valence electrons. The number of carboxylic acids is 1. The first-order valence-electron chi connectivity index (χ1n) is 17.4. The van der Waals surface area contributed by atoms with Crippen LogP contribution in [-0.2, 0) is 36.7 Å². The van der Waals surface area contributed by atoms with Crippen LogP contribution in [0.5, 0.6) is 17.2 Å². The summed E-state index contributed by atoms with van der Waals surface area (Å²) in [5, 5.41) is 15.0. The van der Waals surface area contributed by atoms with Crippen LogP contribution in [0.25, 0.3) is 11.1 Å². The second-order valence-electron chi connectivity index (χ2n) is 15.5. The fourth-order valence-electron chi connectivity index (χ4n) is 5.02. The molecule has 2 aromatic carbocycles. The molecule has 0 heterocycles. The maximum absolute atomic E-state index is 13.1. The lowest BCUT2D eigenvalue weighted by Crippen LogP contribution is -2.51. The number of aliphatic carboxylic acids is 1. The first-order valence-corrected chi connectivity index (χ1v) is 20.3. The van der Waals surface area contributed by atoms with Crippen LogP contribution < -0.4 is 30.3 Å². The van der Waals surface area contributed by atoms with E-state index in [1.54, 1.807) is 45.0 Å². The molecule has 2 amide bonds. The summed E-state index contributed by atoms with van der Waals surface area (Å²) in [5.41, 5.74) is 7.64. The van der Waals surface area contributed by atoms with Crippen molar-refractivity contribution in [2.75, 3.05) is 21.3 Å². The minimum atomic E-state index is -2.47. The lowest BCUT2D eigenvalue weighted by atomic mass is 9.94. The molecular weight excluding hydrogens is 687 g/mol. The van der Waals surface area contributed by atoms with Gasteiger partial charge in [-0.05, 0) is 80.2 Å². The summed E-state index contributed by atoms with van der Waals surface area (Å²) >= 11 is 0. The van der Waals surface area contributed by atoms with Gasteiger partial charge in [-0.2, -0.15) is 0 Å². The van der Waals surface area contributed by atoms with E-state index in [1.807, 2.05) is 19.9 Å². The Morgan fingerprint density at radius 3 is 1.94 bits per heavy atom. The van der Waals surface area contributed by atoms with E-state index in [0.29, 0.717) is 45.9 Å². The highest BCUT2D eigenvalue weighted by atomic mass is 28.4. The Morgan fingerprint density at radius 2 is 1.44 bits per heavy atom. The SMILES string of the molecule is CC[C@H](C)[C@H](N)C(=O)N[C@@H](Cc1cc(O[Si](C)(C)C(C)(C)C)c(OC)c(-c2cc(C[C@H](NC(=O)OC(C)(C)C)C(=O)O)ccc2OC)c1)C(=O)OC. The molecule has 0 spiro atoms. The Bertz CT molecular complexity index is 1580. The van der Waals surface area contributed by atoms with Gasteiger partial charge in [-0.1, -0.05) is 47.1 Å². The largest absolute Gasteiger partial charge is 0.541 e. The van der Waals surface area contributed by atoms with Crippen LogP contribution in [0.2, 0.25) is 18.1 Å². The maximum atomic E-state index is 13.1. The van der Waals surface area contributed by atoms with Gasteiger partial charge in [0.1, 0.15) is 29.2 Å². The van der Waals surface area contributed by atoms with E-state index in [4.69, 9.17) is 29.1 Å². The highest BCUT2D eigenvalue weighted by Crippen LogP contribution is 2.46. The van der Waals surface area contributed by atoms with Crippen LogP contribution in [0.1, 0.15) is 72.9 Å². The number of carboxylic acid groups (broad SMARTS) is 1. The van der Waals surface area contributed by atoms with Crippen LogP contribution in [0.4, 0.5) is 4.79 Å². The van der Waals surface area contributed by atoms with Gasteiger partial charge in [-0.3, -0.25) is 4.79 Å². The van der Waals surface area contributed by atoms with Crippen LogP contribution in [-0.4, -0.2) is 82.4 Å². The van der Waals surface area contributed by atoms with E-state index in [9.17, 15) is 24.3 Å². The number of alkyl carbamates (subject to hydrolysis) is 1. The van der Waals surface area contributed by atoms with E-state index in [2.05, 4.69) is 44.5 Å². The first kappa shape index (κ1) is 43.9. The van der Waals surface area contributed by atoms with Gasteiger partial charge in [-0.25, -0.2) is 14.4 Å². The Hall–Kier alpha value is -4.30. The lowest BCUT2D eigenvalue weighted by Gasteiger charge is -2.37. The fourth-order valence-corrected chi connectivity index (χ4v) is 6.03. The van der Waals surface area contributed by atoms with E-state index >= 15 is 0 Å². The molecule has 0 fully saturated rings. The molecule has 2 rings (SSSR count). The van der Waals surface area contributed by atoms with Crippen molar-refractivity contribution >= 4 is 32.3 Å². The number of hydrogen-bond acceptors (Lipinski definition) is 10. The Balaban J connectivity index is 2.80. The summed E-state index contributed by atoms with van der Waals surface area (Å²) in [7, 11) is 1.81. The Morgan fingerprint density at radius 1 is 0.846 bits per heavy atom. The van der Waals surface area contributed by atoms with Gasteiger partial charge in [0, 0.05) is 24.0 Å². The zero-order valence-electron chi connectivity index (χ0n) is 33.0. The second-order valence-corrected chi connectivity index (χ2v) is 20.2. The van der Waals surface area contributed by atoms with E-state index in [1.165, 1.54) is 21.3 Å². The summed E-state index contributed by atoms with van der Waals surface area (Å²) in [6.07, 6.45) is -0.223. The quantitative estimate of drug-likeness (QED) is 0.119. The molecular formula is C38H59N3O10Si. The average Bonchev–Trinajstić information content (AvgIpc) is 3.04. The van der Waals surface area contributed by atoms with Crippen LogP contribution in [0.3, 0.4) is 0 Å². The van der Waals surface area contributed by atoms with Crippen molar-refractivity contribution in [3.8, 4) is 28.4 Å². The zero-order chi connectivity index (χ0) is 39.8. The number of rotatable bonds is 16. The Kier molecular flexibility index (Phi) is 15.1. The molecule has 0 aromatic heterocycles. The summed E-state index contributed by atoms with van der Waals surface area (Å²) < 4.78 is 29.0. The molecule has 4 atom stereocenters. The third-order valence-electron chi connectivity index (χ3n) is 9.27. The predicted molar refractivity (Wildman–Crippen MR) is 202 cm³/mol. The number of esters is 1. The summed E-state index contributed by atoms with van der Waals surface area (Å²) in [6.45, 7) is 19.4. The molecule has 0 saturated heterocycles. The third-order valence-corrected chi connectivity index (χ3v) is 13.6. The number of nitrogens with two attached hydrogens (primary N) is 1. The number of nitrogens with one attached hydrogen (secondary N) is 2. The number of benzene rings is 2. The number of amides is 2. The second kappa shape index (κ2) is 18.0. The van der Waals surface area contributed by atoms with Crippen molar-refractivity contribution in [2.24, 2.45) is 11.7 Å². The number of ether oxygens (including phenoxy) is 4. The number of carbonyl (C=O) groups excluding carboxylic acids is 3. The van der Waals surface area contributed by atoms with Crippen LogP contribution >= 0.6 is 0 Å². The molecule has 13 nitrogen and oxygen atoms in total. The molecule has 0 radical (unpaired) electrons. The normalized spacial score (nSPS) is 14.3. The van der Waals surface area contributed by atoms with Crippen LogP contribution in [0, 0.1) is 5.92 Å². The van der Waals surface area contributed by atoms with Crippen molar-refractivity contribution < 1.29 is 47.7 Å². The van der Waals surface area contributed by atoms with Crippen molar-refractivity contribution in [2.45, 2.75) is 117 Å². The average molecular weight is 746 g/mol. The predicted octanol–water partition coefficient (Wildman–Crippen LogP) is 5.85. The highest BCUT2D eigenvalue weighted by Gasteiger charge is 2.40. The lowest BCUT2D eigenvalue weighted by molar-refractivity contribution is -0.145. The number of hydrogen-bond donors (Lipinski definition) is 4. The van der Waals surface area contributed by atoms with Crippen molar-refractivity contribution in [3.05, 3.63) is 41.5 Å². The highest BCUT2D eigenvalue weighted by molar-refractivity contribution is 6.74. The summed E-state index contributed by atoms with van der Waals surface area (Å²) in [5.74, 6) is -1.21. The zero-order valence-corrected chi connectivity index (χ0v) is 34.0. The molecule has 0 aliphatic carbocycles. The van der Waals surface area contributed by atoms with E-state index in [-0.39, 0.29) is 23.8 Å². The minimum Gasteiger partial charge on any atom is -0.541 e. The standard InChI is InChI=1S/C38H59N3O10Si/c1-14-22(2)31(39)33(42)40-28(35(45)49-11)20-24-18-26(32(48-10)30(21-24)51-52(12,13)38(6,7)8)25-17-23(15-16-29(25)47-9)19-27(34(43)44)41-36(46)50-37(3,4)5/h15-18,21-22,27-28,31H,14,19-20,39H2,1-13H3,(H,40,42)(H,41,46)(H,43,44)/t22-,27-,28-,31-/m0/s1. The van der Waals surface area contributed by atoms with E-state index in [0.717, 1.165) is 0 Å². The number of methoxy groups -OCH3 is 3. The van der Waals surface area contributed by atoms with Gasteiger partial charge >= 0.3 is 18.0 Å². The fraction of sp³-hybridized carbons (Fsp3) is 0.579. The van der Waals surface area contributed by atoms with Gasteiger partial charge in [-0.15, -0.1) is 0 Å². The van der Waals surface area contributed by atoms with E-state index < -0.39 is 56.0 Å². The van der Waals surface area contributed by atoms with Gasteiger partial charge in [0.25, 0.3) is 8.32 Å². The molecule has 14 heteroatoms. The van der Waals surface area contributed by atoms with Gasteiger partial charge in [0.15, 0.2) is 5.75 Å². The smallest absolute Gasteiger partial charge is 0.408 e. The van der Waals surface area contributed by atoms with Gasteiger partial charge in [0.05, 0.1) is 27.4 Å².